The van der Waals surface area contributed by atoms with E-state index >= 15 is 0 Å². The molecule has 4 rings (SSSR count). The molecule has 0 radical (unpaired) electrons. The summed E-state index contributed by atoms with van der Waals surface area (Å²) in [6.45, 7) is 8.90. The molecule has 5 heteroatoms. The molecule has 3 aromatic carbocycles. The molecule has 1 saturated carbocycles. The first kappa shape index (κ1) is 26.7. The highest BCUT2D eigenvalue weighted by atomic mass is 19.1. The van der Waals surface area contributed by atoms with Crippen molar-refractivity contribution in [3.8, 4) is 22.6 Å². The van der Waals surface area contributed by atoms with E-state index in [1.807, 2.05) is 36.4 Å². The van der Waals surface area contributed by atoms with Crippen molar-refractivity contribution in [2.45, 2.75) is 64.9 Å². The summed E-state index contributed by atoms with van der Waals surface area (Å²) in [4.78, 5) is 11.6. The minimum absolute atomic E-state index is 0.00524. The lowest BCUT2D eigenvalue weighted by atomic mass is 9.65. The van der Waals surface area contributed by atoms with Gasteiger partial charge in [0.25, 0.3) is 0 Å². The highest BCUT2D eigenvalue weighted by Gasteiger charge is 2.36. The van der Waals surface area contributed by atoms with Crippen LogP contribution in [-0.4, -0.2) is 18.2 Å². The maximum atomic E-state index is 14.8. The van der Waals surface area contributed by atoms with Crippen LogP contribution in [0.4, 0.5) is 4.39 Å². The molecule has 37 heavy (non-hydrogen) atoms. The number of carboxylic acid groups (broad SMARTS) is 1. The van der Waals surface area contributed by atoms with Crippen LogP contribution < -0.4 is 9.47 Å². The molecule has 0 bridgehead atoms. The van der Waals surface area contributed by atoms with Gasteiger partial charge >= 0.3 is 5.97 Å². The van der Waals surface area contributed by atoms with Gasteiger partial charge in [-0.2, -0.15) is 0 Å². The summed E-state index contributed by atoms with van der Waals surface area (Å²) in [7, 11) is 1.58. The first-order valence-corrected chi connectivity index (χ1v) is 13.0. The fourth-order valence-corrected chi connectivity index (χ4v) is 5.37. The predicted octanol–water partition coefficient (Wildman–Crippen LogP) is 7.98. The Balaban J connectivity index is 1.58. The third kappa shape index (κ3) is 6.15. The van der Waals surface area contributed by atoms with Gasteiger partial charge in [-0.05, 0) is 82.2 Å². The Hall–Kier alpha value is -3.34. The van der Waals surface area contributed by atoms with Gasteiger partial charge in [0.15, 0.2) is 0 Å². The van der Waals surface area contributed by atoms with Crippen LogP contribution >= 0.6 is 0 Å². The summed E-state index contributed by atoms with van der Waals surface area (Å²) >= 11 is 0. The number of hydrogen-bond acceptors (Lipinski definition) is 3. The van der Waals surface area contributed by atoms with Crippen molar-refractivity contribution in [2.24, 2.45) is 11.8 Å². The Morgan fingerprint density at radius 1 is 1.03 bits per heavy atom. The SMILES string of the molecule is COc1ccc(F)c(-c2ccc(COc3cccc([C@@H](CC(=O)O)[C@H]4CC[C@@H]4C)c3)cc2C(C)(C)C)c1. The third-order valence-electron chi connectivity index (χ3n) is 7.65. The van der Waals surface area contributed by atoms with E-state index in [1.54, 1.807) is 19.2 Å². The predicted molar refractivity (Wildman–Crippen MR) is 145 cm³/mol. The average molecular weight is 505 g/mol. The zero-order valence-corrected chi connectivity index (χ0v) is 22.4. The van der Waals surface area contributed by atoms with Crippen molar-refractivity contribution in [1.82, 2.24) is 0 Å². The van der Waals surface area contributed by atoms with Gasteiger partial charge in [0.05, 0.1) is 13.5 Å². The van der Waals surface area contributed by atoms with Crippen LogP contribution in [0.5, 0.6) is 11.5 Å². The molecule has 0 aliphatic heterocycles. The molecule has 1 aliphatic rings. The van der Waals surface area contributed by atoms with Gasteiger partial charge in [-0.25, -0.2) is 4.39 Å². The van der Waals surface area contributed by atoms with E-state index in [1.165, 1.54) is 6.07 Å². The third-order valence-corrected chi connectivity index (χ3v) is 7.65. The molecule has 1 N–H and O–H groups in total. The topological polar surface area (TPSA) is 55.8 Å². The number of carboxylic acids is 1. The van der Waals surface area contributed by atoms with E-state index in [0.717, 1.165) is 40.8 Å². The molecular formula is C32H37FO4. The van der Waals surface area contributed by atoms with Crippen LogP contribution in [0.3, 0.4) is 0 Å². The van der Waals surface area contributed by atoms with Crippen LogP contribution in [0.25, 0.3) is 11.1 Å². The second-order valence-corrected chi connectivity index (χ2v) is 11.3. The lowest BCUT2D eigenvalue weighted by Gasteiger charge is -2.40. The van der Waals surface area contributed by atoms with Crippen LogP contribution in [0.1, 0.15) is 69.6 Å². The first-order valence-electron chi connectivity index (χ1n) is 13.0. The zero-order chi connectivity index (χ0) is 26.7. The molecule has 4 nitrogen and oxygen atoms in total. The van der Waals surface area contributed by atoms with Crippen LogP contribution in [-0.2, 0) is 16.8 Å². The Bertz CT molecular complexity index is 1260. The number of rotatable bonds is 9. The first-order chi connectivity index (χ1) is 17.6. The van der Waals surface area contributed by atoms with Crippen LogP contribution in [0.15, 0.2) is 60.7 Å². The van der Waals surface area contributed by atoms with Crippen molar-refractivity contribution in [3.05, 3.63) is 83.2 Å². The molecule has 0 unspecified atom stereocenters. The quantitative estimate of drug-likeness (QED) is 0.321. The normalized spacial score (nSPS) is 18.1. The highest BCUT2D eigenvalue weighted by Crippen LogP contribution is 2.46. The second-order valence-electron chi connectivity index (χ2n) is 11.3. The number of methoxy groups -OCH3 is 1. The van der Waals surface area contributed by atoms with Crippen molar-refractivity contribution < 1.29 is 23.8 Å². The molecular weight excluding hydrogens is 467 g/mol. The lowest BCUT2D eigenvalue weighted by Crippen LogP contribution is -2.30. The number of aliphatic carboxylic acids is 1. The highest BCUT2D eigenvalue weighted by molar-refractivity contribution is 5.71. The molecule has 0 amide bonds. The minimum atomic E-state index is -0.766. The number of hydrogen-bond donors (Lipinski definition) is 1. The van der Waals surface area contributed by atoms with Crippen LogP contribution in [0, 0.1) is 17.7 Å². The maximum absolute atomic E-state index is 14.8. The Kier molecular flexibility index (Phi) is 7.91. The Labute approximate surface area is 219 Å². The van der Waals surface area contributed by atoms with Crippen LogP contribution in [0.2, 0.25) is 0 Å². The molecule has 0 aromatic heterocycles. The second kappa shape index (κ2) is 11.0. The smallest absolute Gasteiger partial charge is 0.303 e. The molecule has 0 heterocycles. The van der Waals surface area contributed by atoms with E-state index in [4.69, 9.17) is 9.47 Å². The van der Waals surface area contributed by atoms with E-state index in [-0.39, 0.29) is 23.6 Å². The van der Waals surface area contributed by atoms with Gasteiger partial charge in [0.1, 0.15) is 23.9 Å². The summed E-state index contributed by atoms with van der Waals surface area (Å²) in [6, 6.07) is 18.7. The largest absolute Gasteiger partial charge is 0.497 e. The number of ether oxygens (including phenoxy) is 2. The number of carbonyl (C=O) groups is 1. The Morgan fingerprint density at radius 3 is 2.43 bits per heavy atom. The van der Waals surface area contributed by atoms with Gasteiger partial charge in [-0.3, -0.25) is 4.79 Å². The van der Waals surface area contributed by atoms with Gasteiger partial charge in [-0.1, -0.05) is 64.4 Å². The van der Waals surface area contributed by atoms with E-state index in [2.05, 4.69) is 33.8 Å². The molecule has 0 saturated heterocycles. The maximum Gasteiger partial charge on any atom is 0.303 e. The monoisotopic (exact) mass is 504 g/mol. The van der Waals surface area contributed by atoms with E-state index in [0.29, 0.717) is 29.8 Å². The number of halogens is 1. The van der Waals surface area contributed by atoms with Crippen molar-refractivity contribution in [1.29, 1.82) is 0 Å². The minimum Gasteiger partial charge on any atom is -0.497 e. The number of benzene rings is 3. The van der Waals surface area contributed by atoms with E-state index in [9.17, 15) is 14.3 Å². The lowest BCUT2D eigenvalue weighted by molar-refractivity contribution is -0.138. The molecule has 1 fully saturated rings. The standard InChI is InChI=1S/C32H37FO4/c1-20-9-12-25(20)27(18-31(34)35)22-7-6-8-24(16-22)37-19-21-10-13-26(29(15-21)32(2,3)4)28-17-23(36-5)11-14-30(28)33/h6-8,10-11,13-17,20,25,27H,9,12,18-19H2,1-5H3,(H,34,35)/t20-,25-,27+/m0/s1. The van der Waals surface area contributed by atoms with Gasteiger partial charge in [0.2, 0.25) is 0 Å². The van der Waals surface area contributed by atoms with Crippen molar-refractivity contribution in [2.75, 3.05) is 7.11 Å². The average Bonchev–Trinajstić information content (AvgIpc) is 2.86. The zero-order valence-electron chi connectivity index (χ0n) is 22.4. The molecule has 3 aromatic rings. The Morgan fingerprint density at radius 2 is 1.81 bits per heavy atom. The fraction of sp³-hybridized carbons (Fsp3) is 0.406. The molecule has 0 spiro atoms. The summed E-state index contributed by atoms with van der Waals surface area (Å²) in [5.74, 6) is 1.21. The van der Waals surface area contributed by atoms with E-state index < -0.39 is 5.97 Å². The molecule has 1 aliphatic carbocycles. The van der Waals surface area contributed by atoms with Gasteiger partial charge in [-0.15, -0.1) is 0 Å². The summed E-state index contributed by atoms with van der Waals surface area (Å²) in [6.07, 6.45) is 2.36. The summed E-state index contributed by atoms with van der Waals surface area (Å²) in [5, 5.41) is 9.50. The van der Waals surface area contributed by atoms with Crippen molar-refractivity contribution in [3.63, 3.8) is 0 Å². The summed E-state index contributed by atoms with van der Waals surface area (Å²) < 4.78 is 26.3. The molecule has 3 atom stereocenters. The summed E-state index contributed by atoms with van der Waals surface area (Å²) in [5.41, 5.74) is 4.16. The van der Waals surface area contributed by atoms with Gasteiger partial charge in [0, 0.05) is 5.56 Å². The van der Waals surface area contributed by atoms with Gasteiger partial charge < -0.3 is 14.6 Å². The molecule has 196 valence electrons. The fourth-order valence-electron chi connectivity index (χ4n) is 5.37. The van der Waals surface area contributed by atoms with Crippen molar-refractivity contribution >= 4 is 5.97 Å².